The Kier molecular flexibility index (Phi) is 6.64. The van der Waals surface area contributed by atoms with Crippen LogP contribution in [0.3, 0.4) is 0 Å². The van der Waals surface area contributed by atoms with E-state index >= 15 is 0 Å². The van der Waals surface area contributed by atoms with E-state index in [9.17, 15) is 0 Å². The van der Waals surface area contributed by atoms with Crippen molar-refractivity contribution in [3.8, 4) is 16.8 Å². The molecule has 0 fully saturated rings. The number of para-hydroxylation sites is 4. The van der Waals surface area contributed by atoms with Crippen LogP contribution in [0.15, 0.2) is 179 Å². The molecule has 3 heterocycles. The summed E-state index contributed by atoms with van der Waals surface area (Å²) in [4.78, 5) is 5.24. The van der Waals surface area contributed by atoms with Crippen molar-refractivity contribution in [1.29, 1.82) is 0 Å². The maximum absolute atomic E-state index is 6.82. The van der Waals surface area contributed by atoms with Crippen LogP contribution >= 0.6 is 0 Å². The fourth-order valence-electron chi connectivity index (χ4n) is 7.66. The lowest BCUT2D eigenvalue weighted by Crippen LogP contribution is -2.45. The van der Waals surface area contributed by atoms with E-state index in [-0.39, 0.29) is 12.3 Å². The third kappa shape index (κ3) is 4.55. The van der Waals surface area contributed by atoms with Gasteiger partial charge in [-0.1, -0.05) is 140 Å². The van der Waals surface area contributed by atoms with Gasteiger partial charge in [0.25, 0.3) is 0 Å². The molecule has 7 aromatic carbocycles. The van der Waals surface area contributed by atoms with Crippen LogP contribution in [0.5, 0.6) is 0 Å². The van der Waals surface area contributed by atoms with Crippen LogP contribution in [0.2, 0.25) is 0 Å². The van der Waals surface area contributed by atoms with Crippen molar-refractivity contribution in [3.05, 3.63) is 187 Å². The molecule has 1 aliphatic rings. The number of furan rings is 1. The largest absolute Gasteiger partial charge is 0.455 e. The normalized spacial score (nSPS) is 16.2. The van der Waals surface area contributed by atoms with Crippen LogP contribution in [0.1, 0.15) is 29.0 Å². The minimum Gasteiger partial charge on any atom is -0.455 e. The van der Waals surface area contributed by atoms with Gasteiger partial charge in [0.2, 0.25) is 0 Å². The van der Waals surface area contributed by atoms with E-state index in [1.54, 1.807) is 0 Å². The molecule has 2 unspecified atom stereocenters. The highest BCUT2D eigenvalue weighted by atomic mass is 16.3. The molecule has 0 saturated heterocycles. The summed E-state index contributed by atoms with van der Waals surface area (Å²) in [6, 6.07) is 59.6. The van der Waals surface area contributed by atoms with Crippen LogP contribution in [-0.2, 0) is 0 Å². The first-order chi connectivity index (χ1) is 24.8. The van der Waals surface area contributed by atoms with E-state index < -0.39 is 0 Å². The number of rotatable bonds is 5. The molecular formula is C45H32N4O. The van der Waals surface area contributed by atoms with E-state index in [2.05, 4.69) is 173 Å². The number of nitrogens with zero attached hydrogens (tertiary/aromatic N) is 2. The van der Waals surface area contributed by atoms with Crippen molar-refractivity contribution in [2.24, 2.45) is 4.99 Å². The lowest BCUT2D eigenvalue weighted by Gasteiger charge is -2.32. The molecule has 0 spiro atoms. The van der Waals surface area contributed by atoms with E-state index in [0.717, 1.165) is 61.3 Å². The highest BCUT2D eigenvalue weighted by molar-refractivity contribution is 6.21. The van der Waals surface area contributed by atoms with Crippen LogP contribution < -0.4 is 10.6 Å². The number of aromatic nitrogens is 1. The Morgan fingerprint density at radius 2 is 1.14 bits per heavy atom. The number of fused-ring (bicyclic) bond motifs is 6. The molecule has 0 saturated carbocycles. The molecule has 9 aromatic rings. The third-order valence-electron chi connectivity index (χ3n) is 9.89. The Bertz CT molecular complexity index is 2710. The van der Waals surface area contributed by atoms with Crippen molar-refractivity contribution in [1.82, 2.24) is 15.2 Å². The molecule has 50 heavy (non-hydrogen) atoms. The molecule has 2 N–H and O–H groups in total. The molecule has 0 amide bonds. The first-order valence-corrected chi connectivity index (χ1v) is 17.0. The summed E-state index contributed by atoms with van der Waals surface area (Å²) < 4.78 is 9.22. The first-order valence-electron chi connectivity index (χ1n) is 17.0. The molecule has 0 radical (unpaired) electrons. The SMILES string of the molecule is c1ccc(C2N=C(c3cccc4c3oc3cccc(-c5cccc6c7ccccc7n(-c7ccccc7)c56)c34)NC(c3ccccc3)N2)cc1. The summed E-state index contributed by atoms with van der Waals surface area (Å²) in [5, 5.41) is 12.0. The number of aliphatic imine (C=N–C) groups is 1. The second-order valence-corrected chi connectivity index (χ2v) is 12.8. The average Bonchev–Trinajstić information content (AvgIpc) is 3.75. The van der Waals surface area contributed by atoms with E-state index in [4.69, 9.17) is 9.41 Å². The van der Waals surface area contributed by atoms with Gasteiger partial charge >= 0.3 is 0 Å². The molecule has 0 bridgehead atoms. The van der Waals surface area contributed by atoms with Gasteiger partial charge in [-0.05, 0) is 47.0 Å². The summed E-state index contributed by atoms with van der Waals surface area (Å²) in [7, 11) is 0. The zero-order chi connectivity index (χ0) is 33.0. The standard InChI is InChI=1S/C45H32N4O/c1-4-15-29(16-5-1)43-46-44(30-17-6-2-7-18-30)48-45(47-43)37-26-13-25-36-40-33(22-14-28-39(40)50-42(36)37)35-24-12-23-34-32-21-10-11-27-38(32)49(41(34)35)31-19-8-3-9-20-31/h1-28,43-44,46H,(H,47,48). The lowest BCUT2D eigenvalue weighted by molar-refractivity contribution is 0.409. The number of benzene rings is 7. The summed E-state index contributed by atoms with van der Waals surface area (Å²) >= 11 is 0. The third-order valence-corrected chi connectivity index (χ3v) is 9.89. The second kappa shape index (κ2) is 11.6. The van der Waals surface area contributed by atoms with Gasteiger partial charge in [-0.15, -0.1) is 0 Å². The molecule has 5 nitrogen and oxygen atoms in total. The van der Waals surface area contributed by atoms with Gasteiger partial charge in [-0.25, -0.2) is 4.99 Å². The summed E-state index contributed by atoms with van der Waals surface area (Å²) in [5.74, 6) is 0.795. The Morgan fingerprint density at radius 3 is 1.94 bits per heavy atom. The summed E-state index contributed by atoms with van der Waals surface area (Å²) in [6.45, 7) is 0. The van der Waals surface area contributed by atoms with Gasteiger partial charge < -0.3 is 14.3 Å². The topological polar surface area (TPSA) is 54.5 Å². The lowest BCUT2D eigenvalue weighted by atomic mass is 9.96. The molecule has 0 aliphatic carbocycles. The Labute approximate surface area is 289 Å². The zero-order valence-corrected chi connectivity index (χ0v) is 27.1. The second-order valence-electron chi connectivity index (χ2n) is 12.8. The first kappa shape index (κ1) is 28.6. The monoisotopic (exact) mass is 644 g/mol. The van der Waals surface area contributed by atoms with Crippen LogP contribution in [0.25, 0.3) is 60.6 Å². The predicted octanol–water partition coefficient (Wildman–Crippen LogP) is 10.7. The average molecular weight is 645 g/mol. The fraction of sp³-hybridized carbons (Fsp3) is 0.0444. The molecule has 10 rings (SSSR count). The van der Waals surface area contributed by atoms with Crippen molar-refractivity contribution in [2.45, 2.75) is 12.3 Å². The van der Waals surface area contributed by atoms with Gasteiger partial charge in [0.1, 0.15) is 29.3 Å². The minimum atomic E-state index is -0.231. The Balaban J connectivity index is 1.19. The molecule has 2 atom stereocenters. The van der Waals surface area contributed by atoms with Gasteiger partial charge in [0.05, 0.1) is 16.6 Å². The van der Waals surface area contributed by atoms with Crippen LogP contribution in [0.4, 0.5) is 0 Å². The maximum atomic E-state index is 6.82. The highest BCUT2D eigenvalue weighted by Crippen LogP contribution is 2.43. The molecular weight excluding hydrogens is 613 g/mol. The summed E-state index contributed by atoms with van der Waals surface area (Å²) in [6.07, 6.45) is -0.369. The molecule has 238 valence electrons. The van der Waals surface area contributed by atoms with E-state index in [0.29, 0.717) is 0 Å². The Hall–Kier alpha value is -6.43. The van der Waals surface area contributed by atoms with E-state index in [1.165, 1.54) is 21.8 Å². The number of nitrogens with one attached hydrogen (secondary N) is 2. The number of hydrogen-bond acceptors (Lipinski definition) is 4. The fourth-order valence-corrected chi connectivity index (χ4v) is 7.66. The Morgan fingerprint density at radius 1 is 0.520 bits per heavy atom. The highest BCUT2D eigenvalue weighted by Gasteiger charge is 2.28. The van der Waals surface area contributed by atoms with Gasteiger partial charge in [0.15, 0.2) is 0 Å². The summed E-state index contributed by atoms with van der Waals surface area (Å²) in [5.41, 5.74) is 10.6. The predicted molar refractivity (Wildman–Crippen MR) is 205 cm³/mol. The number of amidine groups is 1. The van der Waals surface area contributed by atoms with Crippen molar-refractivity contribution in [3.63, 3.8) is 0 Å². The number of hydrogen-bond donors (Lipinski definition) is 2. The molecule has 2 aromatic heterocycles. The molecule has 1 aliphatic heterocycles. The van der Waals surface area contributed by atoms with Crippen molar-refractivity contribution >= 4 is 49.6 Å². The van der Waals surface area contributed by atoms with E-state index in [1.807, 2.05) is 12.1 Å². The van der Waals surface area contributed by atoms with Crippen molar-refractivity contribution in [2.75, 3.05) is 0 Å². The minimum absolute atomic E-state index is 0.137. The van der Waals surface area contributed by atoms with Crippen LogP contribution in [-0.4, -0.2) is 10.4 Å². The van der Waals surface area contributed by atoms with Gasteiger partial charge in [-0.3, -0.25) is 5.32 Å². The van der Waals surface area contributed by atoms with Gasteiger partial charge in [-0.2, -0.15) is 0 Å². The quantitative estimate of drug-likeness (QED) is 0.196. The maximum Gasteiger partial charge on any atom is 0.146 e. The van der Waals surface area contributed by atoms with Gasteiger partial charge in [0, 0.05) is 32.8 Å². The zero-order valence-electron chi connectivity index (χ0n) is 27.1. The van der Waals surface area contributed by atoms with Crippen molar-refractivity contribution < 1.29 is 4.42 Å². The molecule has 5 heteroatoms. The van der Waals surface area contributed by atoms with Crippen LogP contribution in [0, 0.1) is 0 Å². The smallest absolute Gasteiger partial charge is 0.146 e.